The van der Waals surface area contributed by atoms with Crippen LogP contribution >= 0.6 is 0 Å². The molecule has 1 fully saturated rings. The highest BCUT2D eigenvalue weighted by molar-refractivity contribution is 7.90. The number of nitrogens with one attached hydrogen (secondary N) is 3. The van der Waals surface area contributed by atoms with Crippen molar-refractivity contribution in [3.8, 4) is 17.6 Å². The van der Waals surface area contributed by atoms with Gasteiger partial charge < -0.3 is 25.3 Å². The zero-order valence-corrected chi connectivity index (χ0v) is 22.0. The number of piperidine rings is 1. The van der Waals surface area contributed by atoms with E-state index in [-0.39, 0.29) is 28.9 Å². The molecular formula is C27H32F2N4O3S. The summed E-state index contributed by atoms with van der Waals surface area (Å²) in [6.07, 6.45) is 1.66. The van der Waals surface area contributed by atoms with E-state index in [0.717, 1.165) is 54.1 Å². The predicted molar refractivity (Wildman–Crippen MR) is 143 cm³/mol. The molecule has 0 saturated carbocycles. The summed E-state index contributed by atoms with van der Waals surface area (Å²) in [5, 5.41) is 10.3. The van der Waals surface area contributed by atoms with E-state index in [1.807, 2.05) is 24.3 Å². The zero-order chi connectivity index (χ0) is 26.6. The molecule has 37 heavy (non-hydrogen) atoms. The molecule has 3 aromatic rings. The van der Waals surface area contributed by atoms with Crippen molar-refractivity contribution in [3.05, 3.63) is 47.9 Å². The molecule has 2 heterocycles. The fourth-order valence-electron chi connectivity index (χ4n) is 4.53. The van der Waals surface area contributed by atoms with Crippen LogP contribution in [0.3, 0.4) is 0 Å². The molecule has 0 amide bonds. The molecule has 1 saturated heterocycles. The van der Waals surface area contributed by atoms with Crippen molar-refractivity contribution in [1.29, 1.82) is 0 Å². The molecule has 1 aliphatic rings. The van der Waals surface area contributed by atoms with Crippen LogP contribution in [0.1, 0.15) is 25.5 Å². The number of halogens is 2. The average Bonchev–Trinajstić information content (AvgIpc) is 3.21. The Morgan fingerprint density at radius 2 is 2.08 bits per heavy atom. The fourth-order valence-corrected chi connectivity index (χ4v) is 5.17. The Bertz CT molecular complexity index is 1440. The first-order valence-corrected chi connectivity index (χ1v) is 14.2. The van der Waals surface area contributed by atoms with Crippen LogP contribution in [-0.2, 0) is 16.4 Å². The number of aromatic nitrogens is 1. The molecule has 0 spiro atoms. The van der Waals surface area contributed by atoms with Crippen LogP contribution in [0.25, 0.3) is 10.9 Å². The second-order valence-corrected chi connectivity index (χ2v) is 11.1. The largest absolute Gasteiger partial charge is 0.494 e. The summed E-state index contributed by atoms with van der Waals surface area (Å²) < 4.78 is 60.0. The highest BCUT2D eigenvalue weighted by atomic mass is 32.2. The molecule has 1 aliphatic heterocycles. The minimum Gasteiger partial charge on any atom is -0.494 e. The molecule has 0 bridgehead atoms. The molecule has 4 rings (SSSR count). The number of hydrogen-bond donors (Lipinski definition) is 3. The number of sulfone groups is 1. The van der Waals surface area contributed by atoms with E-state index in [1.54, 1.807) is 0 Å². The predicted octanol–water partition coefficient (Wildman–Crippen LogP) is 4.18. The SMILES string of the molecule is CCCn1c(C#CCNc2c(F)cc(S(C)(=O)=O)cc2OC)cc2c(N[C@H]3CCNC[C@H]3F)cccc21. The molecule has 1 aromatic heterocycles. The number of nitrogens with zero attached hydrogens (tertiary/aromatic N) is 1. The standard InChI is InChI=1S/C27H32F2N4O3S/c1-4-13-33-18(7-6-11-31-27-21(28)15-19(37(3,34)35)16-26(27)36-2)14-20-23(8-5-9-25(20)33)32-24-10-12-30-17-22(24)29/h5,8-9,14-16,22,24,30-32H,4,10-13,17H2,1-3H3/t22-,24+/m1/s1. The number of anilines is 2. The second kappa shape index (κ2) is 11.4. The second-order valence-electron chi connectivity index (χ2n) is 9.09. The summed E-state index contributed by atoms with van der Waals surface area (Å²) in [5.41, 5.74) is 2.74. The van der Waals surface area contributed by atoms with Gasteiger partial charge in [-0.25, -0.2) is 17.2 Å². The van der Waals surface area contributed by atoms with Crippen molar-refractivity contribution in [1.82, 2.24) is 9.88 Å². The van der Waals surface area contributed by atoms with Gasteiger partial charge >= 0.3 is 0 Å². The number of fused-ring (bicyclic) bond motifs is 1. The van der Waals surface area contributed by atoms with Gasteiger partial charge in [0.05, 0.1) is 35.8 Å². The van der Waals surface area contributed by atoms with Crippen LogP contribution in [0.2, 0.25) is 0 Å². The molecule has 0 radical (unpaired) electrons. The van der Waals surface area contributed by atoms with Gasteiger partial charge in [0, 0.05) is 36.5 Å². The van der Waals surface area contributed by atoms with Crippen molar-refractivity contribution < 1.29 is 21.9 Å². The summed E-state index contributed by atoms with van der Waals surface area (Å²) in [4.78, 5) is -0.157. The molecule has 2 aromatic carbocycles. The van der Waals surface area contributed by atoms with Crippen molar-refractivity contribution >= 4 is 32.1 Å². The Balaban J connectivity index is 1.59. The Kier molecular flexibility index (Phi) is 8.25. The summed E-state index contributed by atoms with van der Waals surface area (Å²) >= 11 is 0. The molecule has 0 unspecified atom stereocenters. The zero-order valence-electron chi connectivity index (χ0n) is 21.2. The van der Waals surface area contributed by atoms with E-state index in [9.17, 15) is 17.2 Å². The maximum Gasteiger partial charge on any atom is 0.175 e. The number of hydrogen-bond acceptors (Lipinski definition) is 6. The third-order valence-electron chi connectivity index (χ3n) is 6.39. The number of alkyl halides is 1. The summed E-state index contributed by atoms with van der Waals surface area (Å²) in [7, 11) is -2.23. The van der Waals surface area contributed by atoms with E-state index < -0.39 is 21.8 Å². The average molecular weight is 531 g/mol. The lowest BCUT2D eigenvalue weighted by molar-refractivity contribution is 0.245. The van der Waals surface area contributed by atoms with E-state index in [4.69, 9.17) is 4.74 Å². The number of methoxy groups -OCH3 is 1. The molecule has 3 N–H and O–H groups in total. The number of rotatable bonds is 8. The third-order valence-corrected chi connectivity index (χ3v) is 7.48. The number of benzene rings is 2. The maximum atomic E-state index is 14.6. The van der Waals surface area contributed by atoms with Gasteiger partial charge in [-0.05, 0) is 49.6 Å². The van der Waals surface area contributed by atoms with Gasteiger partial charge in [0.25, 0.3) is 0 Å². The van der Waals surface area contributed by atoms with Crippen LogP contribution in [-0.4, -0.2) is 58.2 Å². The van der Waals surface area contributed by atoms with Gasteiger partial charge in [-0.15, -0.1) is 0 Å². The highest BCUT2D eigenvalue weighted by Crippen LogP contribution is 2.31. The number of ether oxygens (including phenoxy) is 1. The van der Waals surface area contributed by atoms with Crippen molar-refractivity contribution in [2.24, 2.45) is 0 Å². The van der Waals surface area contributed by atoms with E-state index in [1.165, 1.54) is 13.2 Å². The lowest BCUT2D eigenvalue weighted by Gasteiger charge is -2.28. The van der Waals surface area contributed by atoms with Gasteiger partial charge in [0.1, 0.15) is 17.6 Å². The molecule has 198 valence electrons. The summed E-state index contributed by atoms with van der Waals surface area (Å²) in [6, 6.07) is 9.94. The molecule has 2 atom stereocenters. The smallest absolute Gasteiger partial charge is 0.175 e. The Morgan fingerprint density at radius 3 is 2.78 bits per heavy atom. The topological polar surface area (TPSA) is 84.4 Å². The maximum absolute atomic E-state index is 14.6. The van der Waals surface area contributed by atoms with Crippen LogP contribution in [0, 0.1) is 17.7 Å². The molecule has 0 aliphatic carbocycles. The highest BCUT2D eigenvalue weighted by Gasteiger charge is 2.25. The van der Waals surface area contributed by atoms with Crippen LogP contribution in [0.4, 0.5) is 20.2 Å². The van der Waals surface area contributed by atoms with Gasteiger partial charge in [-0.3, -0.25) is 0 Å². The normalized spacial score (nSPS) is 17.8. The molecular weight excluding hydrogens is 498 g/mol. The van der Waals surface area contributed by atoms with Crippen LogP contribution < -0.4 is 20.7 Å². The Morgan fingerprint density at radius 1 is 1.27 bits per heavy atom. The Hall–Kier alpha value is -3.29. The summed E-state index contributed by atoms with van der Waals surface area (Å²) in [5.74, 6) is 5.55. The van der Waals surface area contributed by atoms with E-state index >= 15 is 0 Å². The fraction of sp³-hybridized carbons (Fsp3) is 0.407. The molecule has 7 nitrogen and oxygen atoms in total. The van der Waals surface area contributed by atoms with Crippen LogP contribution in [0.15, 0.2) is 41.3 Å². The monoisotopic (exact) mass is 530 g/mol. The molecule has 10 heteroatoms. The van der Waals surface area contributed by atoms with Gasteiger partial charge in [0.2, 0.25) is 0 Å². The number of aryl methyl sites for hydroxylation is 1. The lowest BCUT2D eigenvalue weighted by atomic mass is 10.0. The summed E-state index contributed by atoms with van der Waals surface area (Å²) in [6.45, 7) is 4.08. The van der Waals surface area contributed by atoms with Crippen molar-refractivity contribution in [3.63, 3.8) is 0 Å². The van der Waals surface area contributed by atoms with Crippen LogP contribution in [0.5, 0.6) is 5.75 Å². The van der Waals surface area contributed by atoms with Crippen molar-refractivity contribution in [2.75, 3.05) is 43.6 Å². The third kappa shape index (κ3) is 6.00. The first-order chi connectivity index (χ1) is 17.7. The first kappa shape index (κ1) is 26.8. The Labute approximate surface area is 216 Å². The van der Waals surface area contributed by atoms with Crippen molar-refractivity contribution in [2.45, 2.75) is 43.4 Å². The van der Waals surface area contributed by atoms with Gasteiger partial charge in [0.15, 0.2) is 15.7 Å². The first-order valence-electron chi connectivity index (χ1n) is 12.3. The van der Waals surface area contributed by atoms with Gasteiger partial charge in [-0.2, -0.15) is 0 Å². The van der Waals surface area contributed by atoms with E-state index in [2.05, 4.69) is 39.3 Å². The minimum atomic E-state index is -3.58. The van der Waals surface area contributed by atoms with E-state index in [0.29, 0.717) is 13.0 Å². The minimum absolute atomic E-state index is 0.0486. The quantitative estimate of drug-likeness (QED) is 0.379. The van der Waals surface area contributed by atoms with Gasteiger partial charge in [-0.1, -0.05) is 18.9 Å². The lowest BCUT2D eigenvalue weighted by Crippen LogP contribution is -2.45.